The molecular formula is C12H19N3O3. The van der Waals surface area contributed by atoms with Crippen LogP contribution in [0.1, 0.15) is 43.0 Å². The lowest BCUT2D eigenvalue weighted by Crippen LogP contribution is -2.39. The standard InChI is InChI=1S/C12H19N3O3/c1-13-9-4-6-16-7-8(9)12-14-11(15-18-12)10-3-2-5-17-10/h8-10,13H,2-7H2,1H3. The van der Waals surface area contributed by atoms with Crippen LogP contribution in [0.25, 0.3) is 0 Å². The number of nitrogens with one attached hydrogen (secondary N) is 1. The Morgan fingerprint density at radius 1 is 1.28 bits per heavy atom. The summed E-state index contributed by atoms with van der Waals surface area (Å²) in [5, 5.41) is 7.34. The largest absolute Gasteiger partial charge is 0.381 e. The van der Waals surface area contributed by atoms with Gasteiger partial charge < -0.3 is 19.3 Å². The Labute approximate surface area is 106 Å². The van der Waals surface area contributed by atoms with Gasteiger partial charge in [0.1, 0.15) is 6.10 Å². The van der Waals surface area contributed by atoms with Gasteiger partial charge in [0.15, 0.2) is 0 Å². The van der Waals surface area contributed by atoms with E-state index in [1.807, 2.05) is 7.05 Å². The Morgan fingerprint density at radius 2 is 2.22 bits per heavy atom. The van der Waals surface area contributed by atoms with E-state index in [9.17, 15) is 0 Å². The fourth-order valence-electron chi connectivity index (χ4n) is 2.64. The van der Waals surface area contributed by atoms with E-state index in [4.69, 9.17) is 14.0 Å². The Hall–Kier alpha value is -0.980. The first-order chi connectivity index (χ1) is 8.88. The molecule has 2 fully saturated rings. The molecule has 6 heteroatoms. The minimum absolute atomic E-state index is 0.0139. The van der Waals surface area contributed by atoms with Gasteiger partial charge in [-0.2, -0.15) is 4.98 Å². The molecule has 0 spiro atoms. The van der Waals surface area contributed by atoms with Crippen molar-refractivity contribution < 1.29 is 14.0 Å². The molecule has 1 aromatic heterocycles. The molecule has 1 N–H and O–H groups in total. The number of hydrogen-bond acceptors (Lipinski definition) is 6. The van der Waals surface area contributed by atoms with E-state index < -0.39 is 0 Å². The van der Waals surface area contributed by atoms with Crippen molar-refractivity contribution in [2.75, 3.05) is 26.9 Å². The first kappa shape index (κ1) is 12.1. The lowest BCUT2D eigenvalue weighted by molar-refractivity contribution is 0.0516. The average Bonchev–Trinajstić information content (AvgIpc) is 3.09. The van der Waals surface area contributed by atoms with Crippen molar-refractivity contribution in [3.05, 3.63) is 11.7 Å². The highest BCUT2D eigenvalue weighted by Crippen LogP contribution is 2.29. The van der Waals surface area contributed by atoms with Gasteiger partial charge in [-0.15, -0.1) is 0 Å². The molecule has 0 amide bonds. The molecular weight excluding hydrogens is 234 g/mol. The predicted octanol–water partition coefficient (Wildman–Crippen LogP) is 1.01. The molecule has 6 nitrogen and oxygen atoms in total. The number of hydrogen-bond donors (Lipinski definition) is 1. The molecule has 3 rings (SSSR count). The number of ether oxygens (including phenoxy) is 2. The van der Waals surface area contributed by atoms with E-state index in [2.05, 4.69) is 15.5 Å². The van der Waals surface area contributed by atoms with Crippen LogP contribution in [0.4, 0.5) is 0 Å². The number of likely N-dealkylation sites (N-methyl/N-ethyl adjacent to an activating group) is 1. The lowest BCUT2D eigenvalue weighted by atomic mass is 9.96. The van der Waals surface area contributed by atoms with Crippen LogP contribution in [-0.2, 0) is 9.47 Å². The van der Waals surface area contributed by atoms with Gasteiger partial charge >= 0.3 is 0 Å². The molecule has 0 radical (unpaired) electrons. The van der Waals surface area contributed by atoms with E-state index in [0.717, 1.165) is 32.5 Å². The van der Waals surface area contributed by atoms with Crippen molar-refractivity contribution in [3.8, 4) is 0 Å². The second-order valence-corrected chi connectivity index (χ2v) is 4.86. The third-order valence-corrected chi connectivity index (χ3v) is 3.72. The van der Waals surface area contributed by atoms with Gasteiger partial charge in [0, 0.05) is 19.3 Å². The first-order valence-electron chi connectivity index (χ1n) is 6.58. The second kappa shape index (κ2) is 5.34. The highest BCUT2D eigenvalue weighted by Gasteiger charge is 2.32. The summed E-state index contributed by atoms with van der Waals surface area (Å²) in [6.07, 6.45) is 3.04. The highest BCUT2D eigenvalue weighted by atomic mass is 16.5. The summed E-state index contributed by atoms with van der Waals surface area (Å²) in [7, 11) is 1.96. The molecule has 3 heterocycles. The summed E-state index contributed by atoms with van der Waals surface area (Å²) < 4.78 is 16.5. The van der Waals surface area contributed by atoms with Crippen LogP contribution >= 0.6 is 0 Å². The lowest BCUT2D eigenvalue weighted by Gasteiger charge is -2.28. The first-order valence-corrected chi connectivity index (χ1v) is 6.58. The van der Waals surface area contributed by atoms with E-state index in [-0.39, 0.29) is 12.0 Å². The van der Waals surface area contributed by atoms with Gasteiger partial charge in [-0.05, 0) is 26.3 Å². The van der Waals surface area contributed by atoms with Crippen LogP contribution in [0.5, 0.6) is 0 Å². The molecule has 3 atom stereocenters. The molecule has 2 aliphatic heterocycles. The Balaban J connectivity index is 1.74. The van der Waals surface area contributed by atoms with Crippen molar-refractivity contribution >= 4 is 0 Å². The summed E-state index contributed by atoms with van der Waals surface area (Å²) in [6, 6.07) is 0.344. The zero-order valence-electron chi connectivity index (χ0n) is 10.6. The zero-order chi connectivity index (χ0) is 12.4. The number of nitrogens with zero attached hydrogens (tertiary/aromatic N) is 2. The van der Waals surface area contributed by atoms with Gasteiger partial charge in [0.2, 0.25) is 11.7 Å². The van der Waals surface area contributed by atoms with Gasteiger partial charge in [-0.25, -0.2) is 0 Å². The Bertz CT molecular complexity index is 390. The minimum atomic E-state index is 0.0139. The summed E-state index contributed by atoms with van der Waals surface area (Å²) in [6.45, 7) is 2.22. The molecule has 0 aromatic carbocycles. The van der Waals surface area contributed by atoms with Crippen LogP contribution in [0.2, 0.25) is 0 Å². The third kappa shape index (κ3) is 2.28. The van der Waals surface area contributed by atoms with Crippen LogP contribution < -0.4 is 5.32 Å². The van der Waals surface area contributed by atoms with Gasteiger partial charge in [0.25, 0.3) is 0 Å². The molecule has 2 saturated heterocycles. The van der Waals surface area contributed by atoms with Crippen molar-refractivity contribution in [2.24, 2.45) is 0 Å². The Morgan fingerprint density at radius 3 is 3.00 bits per heavy atom. The highest BCUT2D eigenvalue weighted by molar-refractivity contribution is 5.02. The molecule has 1 aromatic rings. The monoisotopic (exact) mass is 253 g/mol. The zero-order valence-corrected chi connectivity index (χ0v) is 10.6. The summed E-state index contributed by atoms with van der Waals surface area (Å²) >= 11 is 0. The fourth-order valence-corrected chi connectivity index (χ4v) is 2.64. The smallest absolute Gasteiger partial charge is 0.233 e. The minimum Gasteiger partial charge on any atom is -0.381 e. The van der Waals surface area contributed by atoms with Crippen molar-refractivity contribution in [3.63, 3.8) is 0 Å². The topological polar surface area (TPSA) is 69.4 Å². The Kier molecular flexibility index (Phi) is 3.58. The SMILES string of the molecule is CNC1CCOCC1c1nc(C2CCCO2)no1. The third-order valence-electron chi connectivity index (χ3n) is 3.72. The van der Waals surface area contributed by atoms with Crippen LogP contribution in [0.3, 0.4) is 0 Å². The van der Waals surface area contributed by atoms with Crippen molar-refractivity contribution in [2.45, 2.75) is 37.3 Å². The van der Waals surface area contributed by atoms with Crippen LogP contribution in [-0.4, -0.2) is 43.1 Å². The van der Waals surface area contributed by atoms with Crippen molar-refractivity contribution in [1.82, 2.24) is 15.5 Å². The maximum Gasteiger partial charge on any atom is 0.233 e. The fraction of sp³-hybridized carbons (Fsp3) is 0.833. The van der Waals surface area contributed by atoms with E-state index >= 15 is 0 Å². The molecule has 0 saturated carbocycles. The molecule has 100 valence electrons. The molecule has 3 unspecified atom stereocenters. The second-order valence-electron chi connectivity index (χ2n) is 4.86. The number of rotatable bonds is 3. The summed E-state index contributed by atoms with van der Waals surface area (Å²) in [5.41, 5.74) is 0. The molecule has 0 bridgehead atoms. The molecule has 18 heavy (non-hydrogen) atoms. The van der Waals surface area contributed by atoms with E-state index in [1.54, 1.807) is 0 Å². The average molecular weight is 253 g/mol. The summed E-state index contributed by atoms with van der Waals surface area (Å²) in [4.78, 5) is 4.49. The van der Waals surface area contributed by atoms with E-state index in [1.165, 1.54) is 0 Å². The van der Waals surface area contributed by atoms with Crippen LogP contribution in [0.15, 0.2) is 4.52 Å². The predicted molar refractivity (Wildman–Crippen MR) is 63.2 cm³/mol. The molecule has 0 aliphatic carbocycles. The normalized spacial score (nSPS) is 32.8. The van der Waals surface area contributed by atoms with Crippen LogP contribution in [0, 0.1) is 0 Å². The maximum atomic E-state index is 5.56. The van der Waals surface area contributed by atoms with Crippen molar-refractivity contribution in [1.29, 1.82) is 0 Å². The van der Waals surface area contributed by atoms with E-state index in [0.29, 0.717) is 24.4 Å². The quantitative estimate of drug-likeness (QED) is 0.867. The summed E-state index contributed by atoms with van der Waals surface area (Å²) in [5.74, 6) is 1.49. The van der Waals surface area contributed by atoms with Gasteiger partial charge in [0.05, 0.1) is 12.5 Å². The number of aromatic nitrogens is 2. The molecule has 2 aliphatic rings. The van der Waals surface area contributed by atoms with Gasteiger partial charge in [-0.1, -0.05) is 5.16 Å². The van der Waals surface area contributed by atoms with Gasteiger partial charge in [-0.3, -0.25) is 0 Å². The maximum absolute atomic E-state index is 5.56.